The number of benzene rings is 3. The van der Waals surface area contributed by atoms with Crippen LogP contribution in [0.5, 0.6) is 5.75 Å². The first-order chi connectivity index (χ1) is 12.6. The second kappa shape index (κ2) is 8.39. The lowest BCUT2D eigenvalue weighted by Gasteiger charge is -2.23. The van der Waals surface area contributed by atoms with Gasteiger partial charge in [-0.15, -0.1) is 0 Å². The maximum Gasteiger partial charge on any atom is 0.258 e. The maximum absolute atomic E-state index is 13.1. The van der Waals surface area contributed by atoms with Crippen molar-refractivity contribution in [3.8, 4) is 5.75 Å². The molecule has 5 heteroatoms. The number of carbonyl (C=O) groups is 1. The number of ether oxygens (including phenoxy) is 1. The topological polar surface area (TPSA) is 29.5 Å². The molecule has 0 saturated carbocycles. The summed E-state index contributed by atoms with van der Waals surface area (Å²) in [5, 5.41) is 0.602. The minimum absolute atomic E-state index is 0.0882. The number of nitrogens with zero attached hydrogens (tertiary/aromatic N) is 1. The summed E-state index contributed by atoms with van der Waals surface area (Å²) in [6.07, 6.45) is 0. The van der Waals surface area contributed by atoms with Crippen molar-refractivity contribution < 1.29 is 9.53 Å². The molecule has 3 aromatic rings. The van der Waals surface area contributed by atoms with Crippen LogP contribution in [0.25, 0.3) is 0 Å². The summed E-state index contributed by atoms with van der Waals surface area (Å²) in [5.74, 6) is 0.658. The summed E-state index contributed by atoms with van der Waals surface area (Å²) >= 11 is 9.39. The first-order valence-electron chi connectivity index (χ1n) is 8.03. The molecule has 0 heterocycles. The second-order valence-corrected chi connectivity index (χ2v) is 7.07. The van der Waals surface area contributed by atoms with Crippen molar-refractivity contribution in [2.75, 3.05) is 12.0 Å². The van der Waals surface area contributed by atoms with Gasteiger partial charge < -0.3 is 9.64 Å². The number of rotatable bonds is 5. The normalized spacial score (nSPS) is 10.4. The molecule has 0 aliphatic rings. The number of hydrogen-bond acceptors (Lipinski definition) is 2. The van der Waals surface area contributed by atoms with Gasteiger partial charge in [-0.1, -0.05) is 39.7 Å². The molecule has 26 heavy (non-hydrogen) atoms. The number of methoxy groups -OCH3 is 1. The van der Waals surface area contributed by atoms with Crippen LogP contribution in [0.4, 0.5) is 5.69 Å². The Labute approximate surface area is 166 Å². The molecule has 3 rings (SSSR count). The van der Waals surface area contributed by atoms with E-state index >= 15 is 0 Å². The van der Waals surface area contributed by atoms with Gasteiger partial charge in [0, 0.05) is 20.7 Å². The number of anilines is 1. The van der Waals surface area contributed by atoms with Gasteiger partial charge in [-0.3, -0.25) is 4.79 Å². The van der Waals surface area contributed by atoms with E-state index < -0.39 is 0 Å². The van der Waals surface area contributed by atoms with Crippen LogP contribution in [0.1, 0.15) is 15.9 Å². The van der Waals surface area contributed by atoms with Gasteiger partial charge >= 0.3 is 0 Å². The molecule has 0 aliphatic carbocycles. The largest absolute Gasteiger partial charge is 0.497 e. The zero-order valence-electron chi connectivity index (χ0n) is 14.2. The van der Waals surface area contributed by atoms with Gasteiger partial charge in [0.1, 0.15) is 5.75 Å². The van der Waals surface area contributed by atoms with Gasteiger partial charge in [-0.2, -0.15) is 0 Å². The molecule has 3 nitrogen and oxygen atoms in total. The van der Waals surface area contributed by atoms with Crippen LogP contribution in [0.2, 0.25) is 5.02 Å². The monoisotopic (exact) mass is 429 g/mol. The predicted molar refractivity (Wildman–Crippen MR) is 109 cm³/mol. The third-order valence-corrected chi connectivity index (χ3v) is 4.76. The van der Waals surface area contributed by atoms with E-state index in [9.17, 15) is 4.79 Å². The Morgan fingerprint density at radius 3 is 2.15 bits per heavy atom. The Kier molecular flexibility index (Phi) is 5.96. The van der Waals surface area contributed by atoms with Crippen LogP contribution in [-0.4, -0.2) is 13.0 Å². The van der Waals surface area contributed by atoms with Crippen LogP contribution in [0, 0.1) is 0 Å². The minimum atomic E-state index is -0.0882. The highest BCUT2D eigenvalue weighted by Gasteiger charge is 2.18. The lowest BCUT2D eigenvalue weighted by Crippen LogP contribution is -2.30. The summed E-state index contributed by atoms with van der Waals surface area (Å²) in [5.41, 5.74) is 2.42. The molecule has 0 saturated heterocycles. The Morgan fingerprint density at radius 1 is 0.962 bits per heavy atom. The Balaban J connectivity index is 1.95. The Bertz CT molecular complexity index is 877. The molecule has 132 valence electrons. The highest BCUT2D eigenvalue weighted by Crippen LogP contribution is 2.24. The number of halogens is 2. The zero-order valence-corrected chi connectivity index (χ0v) is 16.5. The first kappa shape index (κ1) is 18.5. The van der Waals surface area contributed by atoms with Crippen LogP contribution < -0.4 is 9.64 Å². The highest BCUT2D eigenvalue weighted by atomic mass is 79.9. The van der Waals surface area contributed by atoms with Crippen LogP contribution in [-0.2, 0) is 6.54 Å². The summed E-state index contributed by atoms with van der Waals surface area (Å²) in [7, 11) is 1.62. The fourth-order valence-corrected chi connectivity index (χ4v) is 2.95. The molecule has 0 radical (unpaired) electrons. The average molecular weight is 431 g/mol. The molecule has 0 bridgehead atoms. The van der Waals surface area contributed by atoms with E-state index in [0.717, 1.165) is 21.5 Å². The van der Waals surface area contributed by atoms with Crippen molar-refractivity contribution in [2.24, 2.45) is 0 Å². The standard InChI is InChI=1S/C21H17BrClNO2/c1-26-20-12-10-19(11-13-20)24(14-15-2-6-17(22)7-3-15)21(25)16-4-8-18(23)9-5-16/h2-13H,14H2,1H3. The van der Waals surface area contributed by atoms with Crippen molar-refractivity contribution in [2.45, 2.75) is 6.54 Å². The van der Waals surface area contributed by atoms with Crippen LogP contribution >= 0.6 is 27.5 Å². The number of hydrogen-bond donors (Lipinski definition) is 0. The zero-order chi connectivity index (χ0) is 18.5. The average Bonchev–Trinajstić information content (AvgIpc) is 2.68. The van der Waals surface area contributed by atoms with E-state index in [2.05, 4.69) is 15.9 Å². The lowest BCUT2D eigenvalue weighted by molar-refractivity contribution is 0.0985. The molecule has 0 atom stereocenters. The highest BCUT2D eigenvalue weighted by molar-refractivity contribution is 9.10. The van der Waals surface area contributed by atoms with E-state index in [1.54, 1.807) is 36.3 Å². The summed E-state index contributed by atoms with van der Waals surface area (Å²) in [6.45, 7) is 0.459. The van der Waals surface area contributed by atoms with E-state index in [1.807, 2.05) is 48.5 Å². The van der Waals surface area contributed by atoms with E-state index in [0.29, 0.717) is 17.1 Å². The van der Waals surface area contributed by atoms with Crippen molar-refractivity contribution in [1.82, 2.24) is 0 Å². The minimum Gasteiger partial charge on any atom is -0.497 e. The molecular weight excluding hydrogens is 414 g/mol. The summed E-state index contributed by atoms with van der Waals surface area (Å²) < 4.78 is 6.22. The Hall–Kier alpha value is -2.30. The van der Waals surface area contributed by atoms with Gasteiger partial charge in [0.25, 0.3) is 5.91 Å². The van der Waals surface area contributed by atoms with Crippen molar-refractivity contribution in [3.05, 3.63) is 93.4 Å². The molecule has 0 aliphatic heterocycles. The van der Waals surface area contributed by atoms with Gasteiger partial charge in [0.05, 0.1) is 13.7 Å². The molecule has 3 aromatic carbocycles. The van der Waals surface area contributed by atoms with Crippen molar-refractivity contribution in [3.63, 3.8) is 0 Å². The Morgan fingerprint density at radius 2 is 1.58 bits per heavy atom. The van der Waals surface area contributed by atoms with Crippen LogP contribution in [0.15, 0.2) is 77.3 Å². The molecule has 0 unspecified atom stereocenters. The third kappa shape index (κ3) is 4.45. The van der Waals surface area contributed by atoms with Crippen LogP contribution in [0.3, 0.4) is 0 Å². The quantitative estimate of drug-likeness (QED) is 0.500. The summed E-state index contributed by atoms with van der Waals surface area (Å²) in [4.78, 5) is 14.9. The van der Waals surface area contributed by atoms with Crippen molar-refractivity contribution in [1.29, 1.82) is 0 Å². The summed E-state index contributed by atoms with van der Waals surface area (Å²) in [6, 6.07) is 22.3. The molecule has 0 spiro atoms. The van der Waals surface area contributed by atoms with E-state index in [1.165, 1.54) is 0 Å². The van der Waals surface area contributed by atoms with Crippen molar-refractivity contribution >= 4 is 39.1 Å². The SMILES string of the molecule is COc1ccc(N(Cc2ccc(Br)cc2)C(=O)c2ccc(Cl)cc2)cc1. The molecule has 0 N–H and O–H groups in total. The first-order valence-corrected chi connectivity index (χ1v) is 9.20. The second-order valence-electron chi connectivity index (χ2n) is 5.72. The fourth-order valence-electron chi connectivity index (χ4n) is 2.56. The van der Waals surface area contributed by atoms with Gasteiger partial charge in [0.15, 0.2) is 0 Å². The predicted octanol–water partition coefficient (Wildman–Crippen LogP) is 5.96. The molecule has 0 fully saturated rings. The van der Waals surface area contributed by atoms with E-state index in [4.69, 9.17) is 16.3 Å². The number of carbonyl (C=O) groups excluding carboxylic acids is 1. The third-order valence-electron chi connectivity index (χ3n) is 3.97. The maximum atomic E-state index is 13.1. The van der Waals surface area contributed by atoms with Gasteiger partial charge in [0.2, 0.25) is 0 Å². The van der Waals surface area contributed by atoms with Gasteiger partial charge in [-0.25, -0.2) is 0 Å². The molecular formula is C21H17BrClNO2. The van der Waals surface area contributed by atoms with E-state index in [-0.39, 0.29) is 5.91 Å². The lowest BCUT2D eigenvalue weighted by atomic mass is 10.1. The fraction of sp³-hybridized carbons (Fsp3) is 0.0952. The molecule has 1 amide bonds. The number of amides is 1. The van der Waals surface area contributed by atoms with Gasteiger partial charge in [-0.05, 0) is 66.2 Å². The smallest absolute Gasteiger partial charge is 0.258 e. The molecule has 0 aromatic heterocycles.